The van der Waals surface area contributed by atoms with Crippen molar-refractivity contribution < 1.29 is 4.79 Å². The van der Waals surface area contributed by atoms with Crippen molar-refractivity contribution in [2.24, 2.45) is 17.8 Å². The molecule has 4 aliphatic rings. The molecule has 1 aliphatic carbocycles. The van der Waals surface area contributed by atoms with Crippen molar-refractivity contribution in [1.82, 2.24) is 31.7 Å². The number of nitrogens with one attached hydrogen (secondary N) is 5. The van der Waals surface area contributed by atoms with Gasteiger partial charge in [-0.15, -0.1) is 0 Å². The van der Waals surface area contributed by atoms with Gasteiger partial charge in [0.05, 0.1) is 12.1 Å². The van der Waals surface area contributed by atoms with Gasteiger partial charge in [-0.3, -0.25) is 15.5 Å². The van der Waals surface area contributed by atoms with Gasteiger partial charge in [0.2, 0.25) is 5.91 Å². The van der Waals surface area contributed by atoms with E-state index in [-0.39, 0.29) is 18.0 Å². The second-order valence-electron chi connectivity index (χ2n) is 8.95. The summed E-state index contributed by atoms with van der Waals surface area (Å²) >= 11 is 0. The van der Waals surface area contributed by atoms with Crippen molar-refractivity contribution in [2.75, 3.05) is 26.3 Å². The SMILES string of the molecule is CC1CC(C)N2NCC(C(=O)NC3CCCC(C4CNCNC4)C3)C2N1. The lowest BCUT2D eigenvalue weighted by atomic mass is 9.77. The van der Waals surface area contributed by atoms with Crippen LogP contribution in [0.4, 0.5) is 0 Å². The fraction of sp³-hybridized carbons (Fsp3) is 0.947. The van der Waals surface area contributed by atoms with Crippen LogP contribution >= 0.6 is 0 Å². The van der Waals surface area contributed by atoms with Gasteiger partial charge in [0.25, 0.3) is 0 Å². The summed E-state index contributed by atoms with van der Waals surface area (Å²) in [6.07, 6.45) is 6.04. The third kappa shape index (κ3) is 3.92. The van der Waals surface area contributed by atoms with E-state index in [1.807, 2.05) is 0 Å². The van der Waals surface area contributed by atoms with Crippen LogP contribution in [0.3, 0.4) is 0 Å². The lowest BCUT2D eigenvalue weighted by Crippen LogP contribution is -2.61. The number of fused-ring (bicyclic) bond motifs is 1. The maximum absolute atomic E-state index is 13.0. The van der Waals surface area contributed by atoms with Crippen LogP contribution < -0.4 is 26.7 Å². The number of hydrogen-bond acceptors (Lipinski definition) is 6. The smallest absolute Gasteiger partial charge is 0.227 e. The van der Waals surface area contributed by atoms with Crippen LogP contribution in [0, 0.1) is 17.8 Å². The van der Waals surface area contributed by atoms with Crippen LogP contribution in [0.1, 0.15) is 46.0 Å². The van der Waals surface area contributed by atoms with Crippen LogP contribution in [0.5, 0.6) is 0 Å². The van der Waals surface area contributed by atoms with E-state index in [1.165, 1.54) is 12.8 Å². The average molecular weight is 365 g/mol. The summed E-state index contributed by atoms with van der Waals surface area (Å²) in [7, 11) is 0. The van der Waals surface area contributed by atoms with Crippen LogP contribution in [-0.4, -0.2) is 61.5 Å². The molecule has 0 aromatic heterocycles. The molecule has 7 heteroatoms. The summed E-state index contributed by atoms with van der Waals surface area (Å²) in [5.74, 6) is 1.65. The summed E-state index contributed by atoms with van der Waals surface area (Å²) in [5, 5.41) is 16.2. The number of rotatable bonds is 3. The van der Waals surface area contributed by atoms with Crippen LogP contribution in [0.15, 0.2) is 0 Å². The van der Waals surface area contributed by atoms with Gasteiger partial charge in [-0.05, 0) is 51.4 Å². The molecule has 6 atom stereocenters. The van der Waals surface area contributed by atoms with E-state index in [4.69, 9.17) is 0 Å². The topological polar surface area (TPSA) is 80.5 Å². The molecule has 3 heterocycles. The van der Waals surface area contributed by atoms with Crippen LogP contribution in [-0.2, 0) is 4.79 Å². The van der Waals surface area contributed by atoms with Gasteiger partial charge in [0, 0.05) is 44.4 Å². The molecule has 6 unspecified atom stereocenters. The van der Waals surface area contributed by atoms with Gasteiger partial charge < -0.3 is 16.0 Å². The average Bonchev–Trinajstić information content (AvgIpc) is 3.07. The molecule has 148 valence electrons. The Labute approximate surface area is 157 Å². The lowest BCUT2D eigenvalue weighted by Gasteiger charge is -2.41. The highest BCUT2D eigenvalue weighted by Crippen LogP contribution is 2.31. The zero-order valence-electron chi connectivity index (χ0n) is 16.3. The minimum absolute atomic E-state index is 0.00131. The minimum atomic E-state index is -0.00131. The molecule has 4 rings (SSSR count). The number of amides is 1. The predicted molar refractivity (Wildman–Crippen MR) is 102 cm³/mol. The molecule has 4 fully saturated rings. The van der Waals surface area contributed by atoms with E-state index >= 15 is 0 Å². The Morgan fingerprint density at radius 2 is 1.85 bits per heavy atom. The van der Waals surface area contributed by atoms with Crippen molar-refractivity contribution in [3.05, 3.63) is 0 Å². The Morgan fingerprint density at radius 3 is 2.65 bits per heavy atom. The molecular formula is C19H36N6O. The quantitative estimate of drug-likeness (QED) is 0.484. The highest BCUT2D eigenvalue weighted by molar-refractivity contribution is 5.80. The first-order chi connectivity index (χ1) is 12.6. The first-order valence-electron chi connectivity index (χ1n) is 10.6. The minimum Gasteiger partial charge on any atom is -0.353 e. The van der Waals surface area contributed by atoms with Crippen molar-refractivity contribution in [2.45, 2.75) is 70.2 Å². The van der Waals surface area contributed by atoms with Gasteiger partial charge in [-0.25, -0.2) is 5.01 Å². The summed E-state index contributed by atoms with van der Waals surface area (Å²) in [5.41, 5.74) is 3.45. The summed E-state index contributed by atoms with van der Waals surface area (Å²) in [6, 6.07) is 1.28. The molecule has 5 N–H and O–H groups in total. The summed E-state index contributed by atoms with van der Waals surface area (Å²) in [6.45, 7) is 8.37. The third-order valence-electron chi connectivity index (χ3n) is 6.93. The maximum Gasteiger partial charge on any atom is 0.227 e. The van der Waals surface area contributed by atoms with E-state index in [2.05, 4.69) is 45.5 Å². The van der Waals surface area contributed by atoms with Crippen LogP contribution in [0.2, 0.25) is 0 Å². The Hall–Kier alpha value is -0.730. The highest BCUT2D eigenvalue weighted by Gasteiger charge is 2.44. The Balaban J connectivity index is 1.32. The van der Waals surface area contributed by atoms with Crippen molar-refractivity contribution in [3.63, 3.8) is 0 Å². The molecular weight excluding hydrogens is 328 g/mol. The van der Waals surface area contributed by atoms with E-state index in [1.54, 1.807) is 0 Å². The fourth-order valence-corrected chi connectivity index (χ4v) is 5.56. The zero-order valence-corrected chi connectivity index (χ0v) is 16.3. The maximum atomic E-state index is 13.0. The molecule has 0 aromatic carbocycles. The van der Waals surface area contributed by atoms with Crippen molar-refractivity contribution in [3.8, 4) is 0 Å². The lowest BCUT2D eigenvalue weighted by molar-refractivity contribution is -0.127. The molecule has 26 heavy (non-hydrogen) atoms. The monoisotopic (exact) mass is 364 g/mol. The molecule has 1 amide bonds. The molecule has 0 spiro atoms. The van der Waals surface area contributed by atoms with Gasteiger partial charge in [0.15, 0.2) is 0 Å². The van der Waals surface area contributed by atoms with Gasteiger partial charge in [-0.2, -0.15) is 0 Å². The van der Waals surface area contributed by atoms with E-state index in [9.17, 15) is 4.79 Å². The van der Waals surface area contributed by atoms with E-state index in [0.717, 1.165) is 51.5 Å². The first-order valence-corrected chi connectivity index (χ1v) is 10.6. The fourth-order valence-electron chi connectivity index (χ4n) is 5.56. The van der Waals surface area contributed by atoms with Crippen LogP contribution in [0.25, 0.3) is 0 Å². The number of carbonyl (C=O) groups excluding carboxylic acids is 1. The Kier molecular flexibility index (Phi) is 5.81. The molecule has 3 aliphatic heterocycles. The molecule has 1 saturated carbocycles. The van der Waals surface area contributed by atoms with Gasteiger partial charge in [-0.1, -0.05) is 6.42 Å². The normalized spacial score (nSPS) is 42.4. The first kappa shape index (κ1) is 18.6. The van der Waals surface area contributed by atoms with Crippen molar-refractivity contribution in [1.29, 1.82) is 0 Å². The second kappa shape index (κ2) is 8.10. The predicted octanol–water partition coefficient (Wildman–Crippen LogP) is -0.0393. The standard InChI is InChI=1S/C19H36N6O/c1-12-6-13(2)25-18(23-12)17(10-22-25)19(26)24-16-5-3-4-14(7-16)15-8-20-11-21-9-15/h12-18,20-23H,3-11H2,1-2H3,(H,24,26). The van der Waals surface area contributed by atoms with Gasteiger partial charge in [0.1, 0.15) is 0 Å². The highest BCUT2D eigenvalue weighted by atomic mass is 16.2. The number of hydrogen-bond donors (Lipinski definition) is 5. The number of nitrogens with zero attached hydrogens (tertiary/aromatic N) is 1. The van der Waals surface area contributed by atoms with E-state index in [0.29, 0.717) is 24.0 Å². The number of carbonyl (C=O) groups is 1. The van der Waals surface area contributed by atoms with Gasteiger partial charge >= 0.3 is 0 Å². The summed E-state index contributed by atoms with van der Waals surface area (Å²) in [4.78, 5) is 13.0. The zero-order chi connectivity index (χ0) is 18.1. The van der Waals surface area contributed by atoms with E-state index < -0.39 is 0 Å². The molecule has 0 aromatic rings. The summed E-state index contributed by atoms with van der Waals surface area (Å²) < 4.78 is 0. The second-order valence-corrected chi connectivity index (χ2v) is 8.95. The largest absolute Gasteiger partial charge is 0.353 e. The Morgan fingerprint density at radius 1 is 1.04 bits per heavy atom. The third-order valence-corrected chi connectivity index (χ3v) is 6.93. The molecule has 3 saturated heterocycles. The molecule has 0 radical (unpaired) electrons. The molecule has 0 bridgehead atoms. The molecule has 7 nitrogen and oxygen atoms in total. The number of hydrazine groups is 1. The van der Waals surface area contributed by atoms with Crippen molar-refractivity contribution >= 4 is 5.91 Å². The Bertz CT molecular complexity index is 496.